The third-order valence-corrected chi connectivity index (χ3v) is 4.19. The van der Waals surface area contributed by atoms with Crippen LogP contribution in [0.1, 0.15) is 19.3 Å². The van der Waals surface area contributed by atoms with E-state index >= 15 is 0 Å². The molecule has 1 heterocycles. The molecule has 0 saturated carbocycles. The first-order valence-electron chi connectivity index (χ1n) is 8.21. The monoisotopic (exact) mass is 369 g/mol. The zero-order chi connectivity index (χ0) is 18.2. The number of urea groups is 1. The van der Waals surface area contributed by atoms with Gasteiger partial charge in [0.15, 0.2) is 0 Å². The molecule has 1 saturated heterocycles. The lowest BCUT2D eigenvalue weighted by molar-refractivity contribution is -0.119. The maximum absolute atomic E-state index is 12.4. The molecule has 1 aromatic carbocycles. The molecule has 0 bridgehead atoms. The van der Waals surface area contributed by atoms with Gasteiger partial charge in [0.2, 0.25) is 5.91 Å². The van der Waals surface area contributed by atoms with Crippen LogP contribution in [0.4, 0.5) is 16.2 Å². The lowest BCUT2D eigenvalue weighted by Crippen LogP contribution is -2.39. The van der Waals surface area contributed by atoms with E-state index in [1.165, 1.54) is 7.11 Å². The van der Waals surface area contributed by atoms with Crippen molar-refractivity contribution in [3.63, 3.8) is 0 Å². The fourth-order valence-electron chi connectivity index (χ4n) is 2.58. The molecule has 1 aliphatic heterocycles. The lowest BCUT2D eigenvalue weighted by Gasteiger charge is -2.27. The van der Waals surface area contributed by atoms with Gasteiger partial charge in [0.1, 0.15) is 6.61 Å². The Morgan fingerprint density at radius 2 is 2.16 bits per heavy atom. The van der Waals surface area contributed by atoms with Gasteiger partial charge < -0.3 is 25.0 Å². The Bertz CT molecular complexity index is 606. The van der Waals surface area contributed by atoms with Crippen LogP contribution >= 0.6 is 11.6 Å². The summed E-state index contributed by atoms with van der Waals surface area (Å²) in [6.45, 7) is 1.22. The second kappa shape index (κ2) is 9.60. The van der Waals surface area contributed by atoms with Crippen molar-refractivity contribution in [2.75, 3.05) is 44.5 Å². The van der Waals surface area contributed by atoms with Crippen LogP contribution in [-0.2, 0) is 14.3 Å². The molecule has 1 aliphatic rings. The van der Waals surface area contributed by atoms with Crippen molar-refractivity contribution in [1.82, 2.24) is 4.90 Å². The Kier molecular flexibility index (Phi) is 7.49. The van der Waals surface area contributed by atoms with Crippen LogP contribution in [-0.4, -0.2) is 56.9 Å². The summed E-state index contributed by atoms with van der Waals surface area (Å²) in [6, 6.07) is 4.60. The van der Waals surface area contributed by atoms with Gasteiger partial charge in [-0.1, -0.05) is 11.6 Å². The molecule has 1 aromatic rings. The molecule has 0 spiro atoms. The lowest BCUT2D eigenvalue weighted by atomic mass is 10.1. The summed E-state index contributed by atoms with van der Waals surface area (Å²) < 4.78 is 10.4. The highest BCUT2D eigenvalue weighted by Crippen LogP contribution is 2.26. The summed E-state index contributed by atoms with van der Waals surface area (Å²) >= 11 is 6.14. The molecule has 2 N–H and O–H groups in total. The van der Waals surface area contributed by atoms with Crippen molar-refractivity contribution in [3.8, 4) is 0 Å². The van der Waals surface area contributed by atoms with Gasteiger partial charge >= 0.3 is 6.03 Å². The molecule has 1 fully saturated rings. The Hall–Kier alpha value is -1.83. The molecule has 138 valence electrons. The number of ether oxygens (including phenoxy) is 2. The number of hydrogen-bond acceptors (Lipinski definition) is 4. The van der Waals surface area contributed by atoms with E-state index < -0.39 is 0 Å². The number of carbonyl (C=O) groups is 2. The summed E-state index contributed by atoms with van der Waals surface area (Å²) in [4.78, 5) is 25.5. The van der Waals surface area contributed by atoms with Crippen molar-refractivity contribution in [2.24, 2.45) is 0 Å². The largest absolute Gasteiger partial charge is 0.376 e. The van der Waals surface area contributed by atoms with E-state index in [9.17, 15) is 9.59 Å². The maximum Gasteiger partial charge on any atom is 0.321 e. The Morgan fingerprint density at radius 1 is 1.36 bits per heavy atom. The van der Waals surface area contributed by atoms with Gasteiger partial charge in [-0.05, 0) is 37.5 Å². The van der Waals surface area contributed by atoms with Gasteiger partial charge in [0.05, 0.1) is 16.8 Å². The molecule has 0 radical (unpaired) electrons. The molecule has 3 amide bonds. The predicted molar refractivity (Wildman–Crippen MR) is 97.2 cm³/mol. The van der Waals surface area contributed by atoms with E-state index in [0.717, 1.165) is 25.9 Å². The average molecular weight is 370 g/mol. The van der Waals surface area contributed by atoms with E-state index in [-0.39, 0.29) is 24.6 Å². The van der Waals surface area contributed by atoms with Gasteiger partial charge in [-0.25, -0.2) is 4.79 Å². The van der Waals surface area contributed by atoms with E-state index in [4.69, 9.17) is 21.1 Å². The first kappa shape index (κ1) is 19.5. The van der Waals surface area contributed by atoms with E-state index in [0.29, 0.717) is 22.9 Å². The van der Waals surface area contributed by atoms with Crippen LogP contribution in [0.2, 0.25) is 5.02 Å². The van der Waals surface area contributed by atoms with E-state index in [2.05, 4.69) is 10.6 Å². The second-order valence-corrected chi connectivity index (χ2v) is 6.38. The van der Waals surface area contributed by atoms with Gasteiger partial charge in [-0.15, -0.1) is 0 Å². The molecular formula is C17H24ClN3O4. The molecule has 0 aromatic heterocycles. The molecule has 2 rings (SSSR count). The van der Waals surface area contributed by atoms with E-state index in [1.54, 1.807) is 30.1 Å². The second-order valence-electron chi connectivity index (χ2n) is 5.98. The zero-order valence-corrected chi connectivity index (χ0v) is 15.3. The molecule has 1 atom stereocenters. The number of nitrogens with zero attached hydrogens (tertiary/aromatic N) is 1. The standard InChI is InChI=1S/C17H24ClN3O4/c1-21(10-13-5-3-4-8-25-13)17(23)20-15-9-12(6-7-14(15)18)19-16(22)11-24-2/h6-7,9,13H,3-5,8,10-11H2,1-2H3,(H,19,22)(H,20,23). The number of anilines is 2. The molecule has 0 aliphatic carbocycles. The third-order valence-electron chi connectivity index (χ3n) is 3.87. The number of hydrogen-bond donors (Lipinski definition) is 2. The highest BCUT2D eigenvalue weighted by Gasteiger charge is 2.19. The molecular weight excluding hydrogens is 346 g/mol. The number of carbonyl (C=O) groups excluding carboxylic acids is 2. The molecule has 7 nitrogen and oxygen atoms in total. The van der Waals surface area contributed by atoms with Crippen LogP contribution in [0.3, 0.4) is 0 Å². The molecule has 1 unspecified atom stereocenters. The van der Waals surface area contributed by atoms with Gasteiger partial charge in [0, 0.05) is 33.0 Å². The highest BCUT2D eigenvalue weighted by molar-refractivity contribution is 6.33. The van der Waals surface area contributed by atoms with Gasteiger partial charge in [0.25, 0.3) is 0 Å². The Morgan fingerprint density at radius 3 is 2.84 bits per heavy atom. The third kappa shape index (κ3) is 6.19. The number of halogens is 1. The van der Waals surface area contributed by atoms with Gasteiger partial charge in [-0.2, -0.15) is 0 Å². The average Bonchev–Trinajstić information content (AvgIpc) is 2.59. The minimum Gasteiger partial charge on any atom is -0.376 e. The summed E-state index contributed by atoms with van der Waals surface area (Å²) in [6.07, 6.45) is 3.22. The number of amides is 3. The van der Waals surface area contributed by atoms with Crippen molar-refractivity contribution in [1.29, 1.82) is 0 Å². The van der Waals surface area contributed by atoms with Gasteiger partial charge in [-0.3, -0.25) is 4.79 Å². The highest BCUT2D eigenvalue weighted by atomic mass is 35.5. The minimum absolute atomic E-state index is 0.0472. The summed E-state index contributed by atoms with van der Waals surface area (Å²) in [5, 5.41) is 5.82. The number of rotatable bonds is 6. The van der Waals surface area contributed by atoms with Crippen LogP contribution < -0.4 is 10.6 Å². The molecule has 8 heteroatoms. The predicted octanol–water partition coefficient (Wildman–Crippen LogP) is 2.96. The van der Waals surface area contributed by atoms with Crippen LogP contribution in [0.15, 0.2) is 18.2 Å². The van der Waals surface area contributed by atoms with E-state index in [1.807, 2.05) is 0 Å². The Labute approximate surface area is 152 Å². The topological polar surface area (TPSA) is 79.9 Å². The summed E-state index contributed by atoms with van der Waals surface area (Å²) in [5.41, 5.74) is 0.957. The van der Waals surface area contributed by atoms with Crippen molar-refractivity contribution in [3.05, 3.63) is 23.2 Å². The zero-order valence-electron chi connectivity index (χ0n) is 14.5. The number of methoxy groups -OCH3 is 1. The Balaban J connectivity index is 1.95. The van der Waals surface area contributed by atoms with Crippen LogP contribution in [0, 0.1) is 0 Å². The summed E-state index contributed by atoms with van der Waals surface area (Å²) in [7, 11) is 3.16. The number of nitrogens with one attached hydrogen (secondary N) is 2. The smallest absolute Gasteiger partial charge is 0.321 e. The number of benzene rings is 1. The van der Waals surface area contributed by atoms with Crippen molar-refractivity contribution in [2.45, 2.75) is 25.4 Å². The van der Waals surface area contributed by atoms with Crippen LogP contribution in [0.5, 0.6) is 0 Å². The maximum atomic E-state index is 12.4. The number of likely N-dealkylation sites (N-methyl/N-ethyl adjacent to an activating group) is 1. The van der Waals surface area contributed by atoms with Crippen molar-refractivity contribution < 1.29 is 19.1 Å². The quantitative estimate of drug-likeness (QED) is 0.807. The summed E-state index contributed by atoms with van der Waals surface area (Å²) in [5.74, 6) is -0.284. The SMILES string of the molecule is COCC(=O)Nc1ccc(Cl)c(NC(=O)N(C)CC2CCCCO2)c1. The fourth-order valence-corrected chi connectivity index (χ4v) is 2.74. The normalized spacial score (nSPS) is 17.0. The van der Waals surface area contributed by atoms with Crippen molar-refractivity contribution >= 4 is 34.9 Å². The molecule has 25 heavy (non-hydrogen) atoms. The first-order chi connectivity index (χ1) is 12.0. The van der Waals surface area contributed by atoms with Crippen LogP contribution in [0.25, 0.3) is 0 Å². The minimum atomic E-state index is -0.284. The fraction of sp³-hybridized carbons (Fsp3) is 0.529. The first-order valence-corrected chi connectivity index (χ1v) is 8.59.